The van der Waals surface area contributed by atoms with Gasteiger partial charge in [0.05, 0.1) is 0 Å². The van der Waals surface area contributed by atoms with E-state index in [1.54, 1.807) is 18.2 Å². The molecule has 102 valence electrons. The average molecular weight is 276 g/mol. The lowest BCUT2D eigenvalue weighted by atomic mass is 10.0. The number of hydrogen-bond donors (Lipinski definition) is 0. The minimum Gasteiger partial charge on any atom is -0.483 e. The van der Waals surface area contributed by atoms with Gasteiger partial charge in [0.25, 0.3) is 0 Å². The molecule has 0 aliphatic rings. The van der Waals surface area contributed by atoms with Crippen molar-refractivity contribution in [1.29, 1.82) is 0 Å². The second-order valence-electron chi connectivity index (χ2n) is 4.55. The Labute approximate surface area is 113 Å². The molecule has 3 rings (SSSR count). The molecule has 0 atom stereocenters. The van der Waals surface area contributed by atoms with Crippen LogP contribution in [0.25, 0.3) is 21.5 Å². The second kappa shape index (κ2) is 4.71. The van der Waals surface area contributed by atoms with Crippen LogP contribution >= 0.6 is 0 Å². The van der Waals surface area contributed by atoms with Crippen molar-refractivity contribution < 1.29 is 17.9 Å². The highest BCUT2D eigenvalue weighted by Gasteiger charge is 2.28. The summed E-state index contributed by atoms with van der Waals surface area (Å²) in [4.78, 5) is 0. The van der Waals surface area contributed by atoms with Gasteiger partial charge in [-0.1, -0.05) is 48.5 Å². The van der Waals surface area contributed by atoms with Crippen molar-refractivity contribution in [3.8, 4) is 5.75 Å². The van der Waals surface area contributed by atoms with Gasteiger partial charge in [0.15, 0.2) is 6.61 Å². The Morgan fingerprint density at radius 1 is 0.800 bits per heavy atom. The van der Waals surface area contributed by atoms with Crippen molar-refractivity contribution in [2.24, 2.45) is 0 Å². The van der Waals surface area contributed by atoms with Gasteiger partial charge in [-0.2, -0.15) is 13.2 Å². The van der Waals surface area contributed by atoms with E-state index >= 15 is 0 Å². The molecule has 0 fully saturated rings. The van der Waals surface area contributed by atoms with Crippen LogP contribution in [0.3, 0.4) is 0 Å². The number of hydrogen-bond acceptors (Lipinski definition) is 1. The van der Waals surface area contributed by atoms with Gasteiger partial charge in [-0.3, -0.25) is 0 Å². The molecule has 20 heavy (non-hydrogen) atoms. The van der Waals surface area contributed by atoms with Crippen LogP contribution in [-0.4, -0.2) is 12.8 Å². The first-order valence-electron chi connectivity index (χ1n) is 6.15. The van der Waals surface area contributed by atoms with Gasteiger partial charge in [0.2, 0.25) is 0 Å². The molecule has 0 N–H and O–H groups in total. The Balaban J connectivity index is 2.19. The summed E-state index contributed by atoms with van der Waals surface area (Å²) in [6.45, 7) is -1.28. The summed E-state index contributed by atoms with van der Waals surface area (Å²) in [7, 11) is 0. The van der Waals surface area contributed by atoms with E-state index in [9.17, 15) is 13.2 Å². The lowest BCUT2D eigenvalue weighted by Gasteiger charge is -2.13. The predicted octanol–water partition coefficient (Wildman–Crippen LogP) is 4.93. The van der Waals surface area contributed by atoms with Crippen molar-refractivity contribution >= 4 is 21.5 Å². The molecule has 0 saturated carbocycles. The molecule has 3 aromatic carbocycles. The lowest BCUT2D eigenvalue weighted by molar-refractivity contribution is -0.153. The Bertz CT molecular complexity index is 762. The van der Waals surface area contributed by atoms with E-state index < -0.39 is 12.8 Å². The first-order valence-corrected chi connectivity index (χ1v) is 6.15. The van der Waals surface area contributed by atoms with Crippen LogP contribution < -0.4 is 4.74 Å². The summed E-state index contributed by atoms with van der Waals surface area (Å²) in [5.74, 6) is 0.261. The molecular weight excluding hydrogens is 265 g/mol. The van der Waals surface area contributed by atoms with E-state index in [0.717, 1.165) is 16.2 Å². The Morgan fingerprint density at radius 3 is 2.10 bits per heavy atom. The van der Waals surface area contributed by atoms with E-state index in [0.29, 0.717) is 5.39 Å². The molecule has 0 aliphatic heterocycles. The standard InChI is InChI=1S/C16H11F3O/c17-16(18,19)10-20-15-9-11-5-1-2-6-12(11)13-7-3-4-8-14(13)15/h1-9H,10H2. The third-order valence-electron chi connectivity index (χ3n) is 3.12. The highest BCUT2D eigenvalue weighted by molar-refractivity contribution is 6.10. The maximum Gasteiger partial charge on any atom is 0.422 e. The fourth-order valence-corrected chi connectivity index (χ4v) is 2.30. The first kappa shape index (κ1) is 12.8. The van der Waals surface area contributed by atoms with Gasteiger partial charge in [0, 0.05) is 5.39 Å². The summed E-state index contributed by atoms with van der Waals surface area (Å²) in [5, 5.41) is 3.45. The van der Waals surface area contributed by atoms with Crippen molar-refractivity contribution in [2.45, 2.75) is 6.18 Å². The van der Waals surface area contributed by atoms with Crippen LogP contribution in [0.4, 0.5) is 13.2 Å². The summed E-state index contributed by atoms with van der Waals surface area (Å²) >= 11 is 0. The largest absolute Gasteiger partial charge is 0.483 e. The summed E-state index contributed by atoms with van der Waals surface area (Å²) in [6, 6.07) is 16.5. The molecule has 0 saturated heterocycles. The van der Waals surface area contributed by atoms with Gasteiger partial charge in [0.1, 0.15) is 5.75 Å². The molecule has 0 bridgehead atoms. The van der Waals surface area contributed by atoms with E-state index in [4.69, 9.17) is 4.74 Å². The number of alkyl halides is 3. The number of fused-ring (bicyclic) bond motifs is 3. The molecule has 0 heterocycles. The fourth-order valence-electron chi connectivity index (χ4n) is 2.30. The SMILES string of the molecule is FC(F)(F)COc1cc2ccccc2c2ccccc12. The topological polar surface area (TPSA) is 9.23 Å². The second-order valence-corrected chi connectivity index (χ2v) is 4.55. The zero-order valence-corrected chi connectivity index (χ0v) is 10.4. The molecule has 1 nitrogen and oxygen atoms in total. The van der Waals surface area contributed by atoms with Gasteiger partial charge >= 0.3 is 6.18 Å². The third kappa shape index (κ3) is 2.41. The van der Waals surface area contributed by atoms with Crippen LogP contribution in [0, 0.1) is 0 Å². The van der Waals surface area contributed by atoms with Crippen LogP contribution in [0.15, 0.2) is 54.6 Å². The van der Waals surface area contributed by atoms with Crippen molar-refractivity contribution in [2.75, 3.05) is 6.61 Å². The normalized spacial score (nSPS) is 11.9. The smallest absolute Gasteiger partial charge is 0.422 e. The maximum atomic E-state index is 12.3. The zero-order chi connectivity index (χ0) is 14.2. The molecule has 0 unspecified atom stereocenters. The Morgan fingerprint density at radius 2 is 1.40 bits per heavy atom. The average Bonchev–Trinajstić information content (AvgIpc) is 2.44. The van der Waals surface area contributed by atoms with Gasteiger partial charge in [-0.25, -0.2) is 0 Å². The minimum absolute atomic E-state index is 0.261. The highest BCUT2D eigenvalue weighted by Crippen LogP contribution is 2.34. The maximum absolute atomic E-state index is 12.3. The van der Waals surface area contributed by atoms with Crippen LogP contribution in [0.5, 0.6) is 5.75 Å². The monoisotopic (exact) mass is 276 g/mol. The van der Waals surface area contributed by atoms with Crippen LogP contribution in [0.2, 0.25) is 0 Å². The van der Waals surface area contributed by atoms with E-state index in [-0.39, 0.29) is 5.75 Å². The highest BCUT2D eigenvalue weighted by atomic mass is 19.4. The molecule has 3 aromatic rings. The summed E-state index contributed by atoms with van der Waals surface area (Å²) in [5.41, 5.74) is 0. The van der Waals surface area contributed by atoms with Gasteiger partial charge in [-0.05, 0) is 22.2 Å². The molecular formula is C16H11F3O. The minimum atomic E-state index is -4.34. The molecule has 0 aromatic heterocycles. The quantitative estimate of drug-likeness (QED) is 0.603. The van der Waals surface area contributed by atoms with Crippen molar-refractivity contribution in [3.05, 3.63) is 54.6 Å². The zero-order valence-electron chi connectivity index (χ0n) is 10.4. The van der Waals surface area contributed by atoms with E-state index in [2.05, 4.69) is 0 Å². The lowest BCUT2D eigenvalue weighted by Crippen LogP contribution is -2.19. The number of rotatable bonds is 2. The summed E-state index contributed by atoms with van der Waals surface area (Å²) < 4.78 is 42.0. The Kier molecular flexibility index (Phi) is 3.01. The van der Waals surface area contributed by atoms with Crippen molar-refractivity contribution in [3.63, 3.8) is 0 Å². The number of halogens is 3. The van der Waals surface area contributed by atoms with Gasteiger partial charge < -0.3 is 4.74 Å². The predicted molar refractivity (Wildman–Crippen MR) is 73.0 cm³/mol. The summed E-state index contributed by atoms with van der Waals surface area (Å²) in [6.07, 6.45) is -4.34. The van der Waals surface area contributed by atoms with E-state index in [1.807, 2.05) is 36.4 Å². The fraction of sp³-hybridized carbons (Fsp3) is 0.125. The van der Waals surface area contributed by atoms with E-state index in [1.165, 1.54) is 0 Å². The van der Waals surface area contributed by atoms with Crippen molar-refractivity contribution in [1.82, 2.24) is 0 Å². The van der Waals surface area contributed by atoms with Crippen LogP contribution in [0.1, 0.15) is 0 Å². The number of ether oxygens (including phenoxy) is 1. The molecule has 0 spiro atoms. The Hall–Kier alpha value is -2.23. The third-order valence-corrected chi connectivity index (χ3v) is 3.12. The number of benzene rings is 3. The molecule has 4 heteroatoms. The molecule has 0 radical (unpaired) electrons. The van der Waals surface area contributed by atoms with Gasteiger partial charge in [-0.15, -0.1) is 0 Å². The molecule has 0 aliphatic carbocycles. The first-order chi connectivity index (χ1) is 9.54. The molecule has 0 amide bonds. The van der Waals surface area contributed by atoms with Crippen LogP contribution in [-0.2, 0) is 0 Å².